The average molecular weight is 878 g/mol. The number of rotatable bonds is 5. The number of amides is 2. The molecule has 63 heavy (non-hydrogen) atoms. The summed E-state index contributed by atoms with van der Waals surface area (Å²) in [4.78, 5) is 49.3. The molecule has 5 bridgehead atoms. The van der Waals surface area contributed by atoms with Crippen LogP contribution in [0.5, 0.6) is 11.5 Å². The molecule has 1 aromatic rings. The molecule has 16 heteroatoms. The number of aliphatic hydroxyl groups is 3. The summed E-state index contributed by atoms with van der Waals surface area (Å²) < 4.78 is 24.2. The zero-order valence-electron chi connectivity index (χ0n) is 38.4. The highest BCUT2D eigenvalue weighted by Gasteiger charge is 2.54. The van der Waals surface area contributed by atoms with E-state index in [4.69, 9.17) is 23.9 Å². The van der Waals surface area contributed by atoms with Crippen molar-refractivity contribution in [2.45, 2.75) is 124 Å². The van der Waals surface area contributed by atoms with Crippen molar-refractivity contribution in [1.82, 2.24) is 20.9 Å². The lowest BCUT2D eigenvalue weighted by atomic mass is 9.78. The molecule has 1 saturated heterocycles. The zero-order valence-corrected chi connectivity index (χ0v) is 38.4. The van der Waals surface area contributed by atoms with Gasteiger partial charge in [-0.25, -0.2) is 4.79 Å². The summed E-state index contributed by atoms with van der Waals surface area (Å²) in [6, 6.07) is 0. The van der Waals surface area contributed by atoms with E-state index < -0.39 is 83.4 Å². The highest BCUT2D eigenvalue weighted by molar-refractivity contribution is 6.24. The Balaban J connectivity index is 1.48. The van der Waals surface area contributed by atoms with Crippen molar-refractivity contribution in [3.63, 3.8) is 0 Å². The number of phenols is 1. The third kappa shape index (κ3) is 9.15. The number of carbonyl (C=O) groups excluding carboxylic acids is 3. The molecule has 6 aliphatic rings. The van der Waals surface area contributed by atoms with E-state index in [1.165, 1.54) is 20.3 Å². The SMILES string of the molecule is CCNC(=O)O[C@H]1[C@H](C)[C@H](O)[C@H](C)[C@@H](O)[C@@H](C)/C=C/C=C(/C)C(=O)NC2=C3NC4(CCN(CC(C)C)CC4)N=C3c3c4c(c(C)c(O)c3C2O)O[C@](C)(O/C=C/[C@H](OC)[C@H]1C)C4=O. The molecule has 5 aliphatic heterocycles. The number of nitrogens with one attached hydrogen (secondary N) is 3. The Labute approximate surface area is 370 Å². The highest BCUT2D eigenvalue weighted by atomic mass is 16.7. The lowest BCUT2D eigenvalue weighted by molar-refractivity contribution is -0.117. The van der Waals surface area contributed by atoms with Crippen LogP contribution in [0, 0.1) is 36.5 Å². The molecule has 1 aromatic carbocycles. The van der Waals surface area contributed by atoms with Crippen LogP contribution in [0.2, 0.25) is 0 Å². The number of aliphatic imine (C=N–C) groups is 1. The topological polar surface area (TPSA) is 221 Å². The minimum atomic E-state index is -1.95. The predicted molar refractivity (Wildman–Crippen MR) is 236 cm³/mol. The van der Waals surface area contributed by atoms with Crippen molar-refractivity contribution in [2.75, 3.05) is 33.3 Å². The van der Waals surface area contributed by atoms with Gasteiger partial charge in [-0.2, -0.15) is 0 Å². The predicted octanol–water partition coefficient (Wildman–Crippen LogP) is 4.65. The fourth-order valence-corrected chi connectivity index (χ4v) is 9.55. The molecule has 10 atom stereocenters. The minimum Gasteiger partial charge on any atom is -0.507 e. The highest BCUT2D eigenvalue weighted by Crippen LogP contribution is 2.52. The number of ether oxygens (including phenoxy) is 4. The number of nitrogens with zero attached hydrogens (tertiary/aromatic N) is 2. The van der Waals surface area contributed by atoms with E-state index in [9.17, 15) is 34.8 Å². The normalized spacial score (nSPS) is 34.2. The van der Waals surface area contributed by atoms with Crippen molar-refractivity contribution in [3.05, 3.63) is 69.8 Å². The molecule has 346 valence electrons. The maximum absolute atomic E-state index is 14.8. The Hall–Kier alpha value is -4.74. The van der Waals surface area contributed by atoms with Crippen LogP contribution in [0.4, 0.5) is 4.79 Å². The number of ketones is 1. The summed E-state index contributed by atoms with van der Waals surface area (Å²) in [7, 11) is 1.47. The van der Waals surface area contributed by atoms with E-state index in [0.717, 1.165) is 19.6 Å². The Bertz CT molecular complexity index is 2100. The number of aromatic hydroxyl groups is 1. The van der Waals surface area contributed by atoms with Crippen LogP contribution in [0.25, 0.3) is 0 Å². The number of benzene rings is 1. The van der Waals surface area contributed by atoms with Crippen LogP contribution in [0.1, 0.15) is 108 Å². The summed E-state index contributed by atoms with van der Waals surface area (Å²) >= 11 is 0. The number of aliphatic hydroxyl groups excluding tert-OH is 3. The first-order valence-electron chi connectivity index (χ1n) is 22.2. The van der Waals surface area contributed by atoms with E-state index in [-0.39, 0.29) is 45.0 Å². The second-order valence-corrected chi connectivity index (χ2v) is 18.5. The molecule has 5 heterocycles. The van der Waals surface area contributed by atoms with Gasteiger partial charge in [0.1, 0.15) is 29.4 Å². The quantitative estimate of drug-likeness (QED) is 0.215. The molecule has 1 spiro atoms. The maximum Gasteiger partial charge on any atom is 0.407 e. The summed E-state index contributed by atoms with van der Waals surface area (Å²) in [6.07, 6.45) is 2.83. The minimum absolute atomic E-state index is 0.00698. The van der Waals surface area contributed by atoms with Gasteiger partial charge >= 0.3 is 11.9 Å². The van der Waals surface area contributed by atoms with Crippen molar-refractivity contribution in [3.8, 4) is 11.5 Å². The van der Waals surface area contributed by atoms with Gasteiger partial charge in [-0.15, -0.1) is 0 Å². The Morgan fingerprint density at radius 1 is 1.03 bits per heavy atom. The molecule has 0 saturated carbocycles. The zero-order chi connectivity index (χ0) is 46.3. The fraction of sp³-hybridized carbons (Fsp3) is 0.617. The first-order valence-corrected chi connectivity index (χ1v) is 22.2. The molecular weight excluding hydrogens is 811 g/mol. The third-order valence-electron chi connectivity index (χ3n) is 13.4. The standard InChI is InChI=1S/C47H67N5O11/c1-12-48-45(59)62-41-26(6)30(60-11)16-21-61-46(10)43(57)33-31-32(39(55)29(9)42(33)63-46)40(56)36(35-34(31)50-47(51-35)17-19-52(20-18-47)22-23(2)3)49-44(58)25(5)15-13-14-24(4)37(53)27(7)38(54)28(41)8/h13-16,21,23-24,26-28,30,37-38,40-41,51,53-56H,12,17-20,22H2,1-11H3,(H,48,59)(H,49,58)/b14-13+,21-16+,25-15-/t24-,26+,27+,28+,30-,37-,38+,40?,41+,46-/m0/s1. The largest absolute Gasteiger partial charge is 0.507 e. The van der Waals surface area contributed by atoms with Gasteiger partial charge in [0.2, 0.25) is 0 Å². The van der Waals surface area contributed by atoms with Gasteiger partial charge in [0.15, 0.2) is 0 Å². The fourth-order valence-electron chi connectivity index (χ4n) is 9.55. The van der Waals surface area contributed by atoms with Crippen LogP contribution >= 0.6 is 0 Å². The first kappa shape index (κ1) is 47.7. The molecule has 0 radical (unpaired) electrons. The van der Waals surface area contributed by atoms with E-state index in [0.29, 0.717) is 36.7 Å². The number of alkyl carbamates (subject to hydrolysis) is 1. The Kier molecular flexibility index (Phi) is 14.2. The van der Waals surface area contributed by atoms with Crippen LogP contribution in [0.15, 0.2) is 52.5 Å². The Morgan fingerprint density at radius 2 is 1.71 bits per heavy atom. The molecule has 0 aromatic heterocycles. The van der Waals surface area contributed by atoms with Crippen molar-refractivity contribution in [2.24, 2.45) is 34.6 Å². The molecule has 1 fully saturated rings. The van der Waals surface area contributed by atoms with Crippen LogP contribution in [0.3, 0.4) is 0 Å². The van der Waals surface area contributed by atoms with E-state index in [2.05, 4.69) is 34.7 Å². The number of Topliss-reactive ketones (excluding diaryl/α,β-unsaturated/α-hetero) is 1. The van der Waals surface area contributed by atoms with Crippen molar-refractivity contribution in [1.29, 1.82) is 0 Å². The monoisotopic (exact) mass is 877 g/mol. The Morgan fingerprint density at radius 3 is 2.35 bits per heavy atom. The lowest BCUT2D eigenvalue weighted by Gasteiger charge is -2.38. The molecule has 1 unspecified atom stereocenters. The number of piperidine rings is 1. The summed E-state index contributed by atoms with van der Waals surface area (Å²) in [6.45, 7) is 20.5. The number of hydrogen-bond donors (Lipinski definition) is 7. The maximum atomic E-state index is 14.8. The smallest absolute Gasteiger partial charge is 0.407 e. The molecule has 7 N–H and O–H groups in total. The molecular formula is C47H67N5O11. The second kappa shape index (κ2) is 18.8. The number of fused-ring (bicyclic) bond motifs is 13. The number of hydrogen-bond acceptors (Lipinski definition) is 14. The second-order valence-electron chi connectivity index (χ2n) is 18.5. The number of likely N-dealkylation sites (tertiary alicyclic amines) is 1. The van der Waals surface area contributed by atoms with E-state index in [1.807, 2.05) is 0 Å². The molecule has 2 amide bonds. The number of methoxy groups -OCH3 is 1. The van der Waals surface area contributed by atoms with Crippen LogP contribution < -0.4 is 20.7 Å². The van der Waals surface area contributed by atoms with Gasteiger partial charge in [0.25, 0.3) is 11.7 Å². The summed E-state index contributed by atoms with van der Waals surface area (Å²) in [5.41, 5.74) is 0.630. The van der Waals surface area contributed by atoms with Gasteiger partial charge in [0, 0.05) is 99.0 Å². The van der Waals surface area contributed by atoms with Gasteiger partial charge in [-0.3, -0.25) is 14.6 Å². The molecule has 16 nitrogen and oxygen atoms in total. The summed E-state index contributed by atoms with van der Waals surface area (Å²) in [5.74, 6) is -5.32. The van der Waals surface area contributed by atoms with Gasteiger partial charge in [0.05, 0.1) is 47.2 Å². The first-order chi connectivity index (χ1) is 29.7. The van der Waals surface area contributed by atoms with E-state index >= 15 is 0 Å². The van der Waals surface area contributed by atoms with Gasteiger partial charge < -0.3 is 60.2 Å². The number of phenolic OH excluding ortho intramolecular Hbond substituents is 1. The van der Waals surface area contributed by atoms with Crippen molar-refractivity contribution >= 4 is 23.5 Å². The van der Waals surface area contributed by atoms with Crippen LogP contribution in [-0.4, -0.2) is 118 Å². The molecule has 7 rings (SSSR count). The van der Waals surface area contributed by atoms with E-state index in [1.54, 1.807) is 72.8 Å². The lowest BCUT2D eigenvalue weighted by Crippen LogP contribution is -2.50. The number of carbonyl (C=O) groups is 3. The van der Waals surface area contributed by atoms with Gasteiger partial charge in [-0.1, -0.05) is 59.8 Å². The van der Waals surface area contributed by atoms with Crippen LogP contribution in [-0.2, 0) is 19.0 Å². The average Bonchev–Trinajstić information content (AvgIpc) is 3.74. The third-order valence-corrected chi connectivity index (χ3v) is 13.4. The van der Waals surface area contributed by atoms with Gasteiger partial charge in [-0.05, 0) is 32.8 Å². The van der Waals surface area contributed by atoms with Crippen molar-refractivity contribution < 1.29 is 53.8 Å². The molecule has 1 aliphatic carbocycles. The summed E-state index contributed by atoms with van der Waals surface area (Å²) in [5, 5.41) is 56.4. The number of allylic oxidation sites excluding steroid dienone is 3.